The molecule has 2 N–H and O–H groups in total. The van der Waals surface area contributed by atoms with E-state index in [4.69, 9.17) is 14.2 Å². The van der Waals surface area contributed by atoms with Crippen LogP contribution in [-0.4, -0.2) is 63.9 Å². The number of methoxy groups -OCH3 is 3. The van der Waals surface area contributed by atoms with Gasteiger partial charge in [0.05, 0.1) is 32.1 Å². The van der Waals surface area contributed by atoms with Crippen LogP contribution in [0, 0.1) is 0 Å². The van der Waals surface area contributed by atoms with Gasteiger partial charge in [0.1, 0.15) is 17.2 Å². The lowest BCUT2D eigenvalue weighted by molar-refractivity contribution is -0.274. The molecule has 0 spiro atoms. The zero-order chi connectivity index (χ0) is 29.1. The van der Waals surface area contributed by atoms with Gasteiger partial charge in [-0.2, -0.15) is 4.99 Å². The van der Waals surface area contributed by atoms with Crippen molar-refractivity contribution < 1.29 is 41.7 Å². The number of alkyl halides is 3. The number of nitrogens with zero attached hydrogens (tertiary/aromatic N) is 2. The van der Waals surface area contributed by atoms with E-state index in [0.29, 0.717) is 60.2 Å². The molecular formula is C26H29F3N4O6S. The highest BCUT2D eigenvalue weighted by Crippen LogP contribution is 2.28. The molecule has 3 rings (SSSR count). The van der Waals surface area contributed by atoms with Gasteiger partial charge in [-0.05, 0) is 48.4 Å². The number of hydrogen-bond acceptors (Lipinski definition) is 7. The van der Waals surface area contributed by atoms with Crippen molar-refractivity contribution in [3.63, 3.8) is 0 Å². The minimum absolute atomic E-state index is 0.229. The van der Waals surface area contributed by atoms with Crippen LogP contribution in [0.5, 0.6) is 17.2 Å². The van der Waals surface area contributed by atoms with Crippen LogP contribution < -0.4 is 29.6 Å². The zero-order valence-electron chi connectivity index (χ0n) is 22.0. The van der Waals surface area contributed by atoms with Gasteiger partial charge in [0.25, 0.3) is 5.91 Å². The van der Waals surface area contributed by atoms with Gasteiger partial charge in [0, 0.05) is 38.2 Å². The number of ether oxygens (including phenoxy) is 4. The molecule has 3 aromatic rings. The summed E-state index contributed by atoms with van der Waals surface area (Å²) in [6, 6.07) is 9.78. The molecule has 14 heteroatoms. The molecule has 0 saturated heterocycles. The van der Waals surface area contributed by atoms with Gasteiger partial charge in [-0.3, -0.25) is 4.79 Å². The standard InChI is InChI=1S/C26H29F3N4O6S/c1-36-14-12-31-24(35)30-11-4-13-33-21(17-5-7-18(8-6-17)39-26(27,28)29)16-40-25(33)32-23(34)20-10-9-19(37-2)15-22(20)38-3/h5-10,15-16H,4,11-14H2,1-3H3,(H2,30,31,35)/b32-25-. The number of nitrogens with one attached hydrogen (secondary N) is 2. The molecule has 0 aliphatic rings. The van der Waals surface area contributed by atoms with Crippen molar-refractivity contribution in [2.75, 3.05) is 41.0 Å². The third-order valence-electron chi connectivity index (χ3n) is 5.45. The number of aromatic nitrogens is 1. The monoisotopic (exact) mass is 582 g/mol. The molecule has 1 heterocycles. The van der Waals surface area contributed by atoms with E-state index < -0.39 is 12.3 Å². The fraction of sp³-hybridized carbons (Fsp3) is 0.346. The molecule has 3 amide bonds. The molecular weight excluding hydrogens is 553 g/mol. The van der Waals surface area contributed by atoms with E-state index >= 15 is 0 Å². The van der Waals surface area contributed by atoms with E-state index in [9.17, 15) is 22.8 Å². The first-order valence-corrected chi connectivity index (χ1v) is 12.9. The van der Waals surface area contributed by atoms with Crippen LogP contribution in [-0.2, 0) is 11.3 Å². The summed E-state index contributed by atoms with van der Waals surface area (Å²) < 4.78 is 58.9. The van der Waals surface area contributed by atoms with Crippen molar-refractivity contribution in [3.8, 4) is 28.5 Å². The predicted molar refractivity (Wildman–Crippen MR) is 142 cm³/mol. The second kappa shape index (κ2) is 14.4. The van der Waals surface area contributed by atoms with Crippen LogP contribution in [0.25, 0.3) is 11.3 Å². The molecule has 10 nitrogen and oxygen atoms in total. The van der Waals surface area contributed by atoms with Gasteiger partial charge in [-0.15, -0.1) is 24.5 Å². The summed E-state index contributed by atoms with van der Waals surface area (Å²) in [7, 11) is 4.46. The Morgan fingerprint density at radius 2 is 1.68 bits per heavy atom. The van der Waals surface area contributed by atoms with Crippen molar-refractivity contribution in [1.29, 1.82) is 0 Å². The van der Waals surface area contributed by atoms with Gasteiger partial charge < -0.3 is 34.1 Å². The average Bonchev–Trinajstić information content (AvgIpc) is 3.32. The third-order valence-corrected chi connectivity index (χ3v) is 6.32. The van der Waals surface area contributed by atoms with Crippen LogP contribution in [0.3, 0.4) is 0 Å². The highest BCUT2D eigenvalue weighted by atomic mass is 32.1. The summed E-state index contributed by atoms with van der Waals surface area (Å²) in [6.45, 7) is 1.41. The Morgan fingerprint density at radius 3 is 2.33 bits per heavy atom. The van der Waals surface area contributed by atoms with E-state index in [1.807, 2.05) is 0 Å². The number of thiazole rings is 1. The Kier molecular flexibility index (Phi) is 11.0. The van der Waals surface area contributed by atoms with Gasteiger partial charge in [0.2, 0.25) is 0 Å². The maximum atomic E-state index is 13.1. The number of carbonyl (C=O) groups is 2. The lowest BCUT2D eigenvalue weighted by atomic mass is 10.1. The number of urea groups is 1. The lowest BCUT2D eigenvalue weighted by Crippen LogP contribution is -2.38. The number of rotatable bonds is 12. The molecule has 0 bridgehead atoms. The zero-order valence-corrected chi connectivity index (χ0v) is 22.9. The summed E-state index contributed by atoms with van der Waals surface area (Å²) in [6.07, 6.45) is -4.33. The van der Waals surface area contributed by atoms with Crippen molar-refractivity contribution in [3.05, 3.63) is 58.2 Å². The molecule has 40 heavy (non-hydrogen) atoms. The first-order chi connectivity index (χ1) is 19.1. The fourth-order valence-corrected chi connectivity index (χ4v) is 4.52. The Hall–Kier alpha value is -4.04. The second-order valence-corrected chi connectivity index (χ2v) is 8.98. The SMILES string of the molecule is COCCNC(=O)NCCCn1c(-c2ccc(OC(F)(F)F)cc2)cs/c1=N\C(=O)c1ccc(OC)cc1OC. The van der Waals surface area contributed by atoms with Gasteiger partial charge in [0.15, 0.2) is 4.80 Å². The van der Waals surface area contributed by atoms with Gasteiger partial charge in [-0.1, -0.05) is 0 Å². The fourth-order valence-electron chi connectivity index (χ4n) is 3.58. The smallest absolute Gasteiger partial charge is 0.497 e. The summed E-state index contributed by atoms with van der Waals surface area (Å²) in [4.78, 5) is 29.7. The number of benzene rings is 2. The summed E-state index contributed by atoms with van der Waals surface area (Å²) in [5.41, 5.74) is 1.45. The van der Waals surface area contributed by atoms with E-state index in [0.717, 1.165) is 0 Å². The normalized spacial score (nSPS) is 11.7. The van der Waals surface area contributed by atoms with Crippen LogP contribution in [0.4, 0.5) is 18.0 Å². The molecule has 216 valence electrons. The van der Waals surface area contributed by atoms with Gasteiger partial charge >= 0.3 is 12.4 Å². The molecule has 0 atom stereocenters. The van der Waals surface area contributed by atoms with Crippen molar-refractivity contribution in [2.24, 2.45) is 4.99 Å². The quantitative estimate of drug-likeness (QED) is 0.310. The minimum atomic E-state index is -4.80. The number of amides is 3. The molecule has 0 aliphatic carbocycles. The number of hydrogen-bond donors (Lipinski definition) is 2. The minimum Gasteiger partial charge on any atom is -0.497 e. The first kappa shape index (κ1) is 30.5. The van der Waals surface area contributed by atoms with Crippen molar-refractivity contribution >= 4 is 23.3 Å². The topological polar surface area (TPSA) is 112 Å². The highest BCUT2D eigenvalue weighted by molar-refractivity contribution is 7.07. The van der Waals surface area contributed by atoms with Crippen LogP contribution >= 0.6 is 11.3 Å². The van der Waals surface area contributed by atoms with E-state index in [1.54, 1.807) is 28.1 Å². The summed E-state index contributed by atoms with van der Waals surface area (Å²) >= 11 is 1.19. The van der Waals surface area contributed by atoms with Crippen LogP contribution in [0.2, 0.25) is 0 Å². The molecule has 0 unspecified atom stereocenters. The highest BCUT2D eigenvalue weighted by Gasteiger charge is 2.31. The Balaban J connectivity index is 1.88. The lowest BCUT2D eigenvalue weighted by Gasteiger charge is -2.12. The summed E-state index contributed by atoms with van der Waals surface area (Å²) in [5.74, 6) is -0.0985. The molecule has 0 fully saturated rings. The summed E-state index contributed by atoms with van der Waals surface area (Å²) in [5, 5.41) is 7.15. The third kappa shape index (κ3) is 8.74. The number of halogens is 3. The second-order valence-electron chi connectivity index (χ2n) is 8.14. The molecule has 2 aromatic carbocycles. The van der Waals surface area contributed by atoms with E-state index in [2.05, 4.69) is 20.4 Å². The first-order valence-electron chi connectivity index (χ1n) is 12.0. The van der Waals surface area contributed by atoms with Gasteiger partial charge in [-0.25, -0.2) is 4.79 Å². The number of carbonyl (C=O) groups excluding carboxylic acids is 2. The van der Waals surface area contributed by atoms with E-state index in [1.165, 1.54) is 56.9 Å². The van der Waals surface area contributed by atoms with Crippen LogP contribution in [0.15, 0.2) is 52.8 Å². The molecule has 1 aromatic heterocycles. The molecule has 0 saturated carbocycles. The Bertz CT molecular complexity index is 1360. The van der Waals surface area contributed by atoms with Crippen molar-refractivity contribution in [1.82, 2.24) is 15.2 Å². The molecule has 0 radical (unpaired) electrons. The largest absolute Gasteiger partial charge is 0.573 e. The van der Waals surface area contributed by atoms with Crippen molar-refractivity contribution in [2.45, 2.75) is 19.3 Å². The van der Waals surface area contributed by atoms with Crippen LogP contribution in [0.1, 0.15) is 16.8 Å². The molecule has 0 aliphatic heterocycles. The maximum Gasteiger partial charge on any atom is 0.573 e. The maximum absolute atomic E-state index is 13.1. The average molecular weight is 583 g/mol. The Labute approximate surface area is 232 Å². The van der Waals surface area contributed by atoms with E-state index in [-0.39, 0.29) is 17.3 Å². The predicted octanol–water partition coefficient (Wildman–Crippen LogP) is 4.21. The Morgan fingerprint density at radius 1 is 0.975 bits per heavy atom.